The van der Waals surface area contributed by atoms with E-state index in [2.05, 4.69) is 16.0 Å². The van der Waals surface area contributed by atoms with E-state index in [-0.39, 0.29) is 24.2 Å². The molecule has 1 amide bonds. The Hall–Kier alpha value is -2.61. The van der Waals surface area contributed by atoms with E-state index >= 15 is 0 Å². The van der Waals surface area contributed by atoms with Gasteiger partial charge < -0.3 is 14.9 Å². The molecule has 2 saturated heterocycles. The maximum atomic E-state index is 13.8. The Morgan fingerprint density at radius 2 is 1.89 bits per heavy atom. The van der Waals surface area contributed by atoms with Crippen LogP contribution in [0.15, 0.2) is 35.5 Å². The lowest BCUT2D eigenvalue weighted by Gasteiger charge is -2.34. The van der Waals surface area contributed by atoms with E-state index in [1.807, 2.05) is 23.2 Å². The zero-order chi connectivity index (χ0) is 24.4. The summed E-state index contributed by atoms with van der Waals surface area (Å²) in [6.07, 6.45) is 11.1. The van der Waals surface area contributed by atoms with Gasteiger partial charge in [-0.25, -0.2) is 4.98 Å². The molecule has 1 N–H and O–H groups in total. The van der Waals surface area contributed by atoms with Crippen molar-refractivity contribution < 1.29 is 14.7 Å². The zero-order valence-corrected chi connectivity index (χ0v) is 21.0. The van der Waals surface area contributed by atoms with E-state index in [9.17, 15) is 14.7 Å². The second kappa shape index (κ2) is 10.6. The molecule has 4 heterocycles. The van der Waals surface area contributed by atoms with Crippen LogP contribution in [0.25, 0.3) is 0 Å². The van der Waals surface area contributed by atoms with E-state index in [1.165, 1.54) is 5.56 Å². The summed E-state index contributed by atoms with van der Waals surface area (Å²) in [5.74, 6) is 0.814. The third-order valence-corrected chi connectivity index (χ3v) is 8.23. The summed E-state index contributed by atoms with van der Waals surface area (Å²) in [7, 11) is 0. The third-order valence-electron chi connectivity index (χ3n) is 7.90. The van der Waals surface area contributed by atoms with Crippen molar-refractivity contribution in [2.24, 2.45) is 5.92 Å². The SMILES string of the molecule is O=C(O)C[C@@H]1CCCN(c2nc(C3CCCC3)c(C(=O)N3CCC(c4cccnc4)C3)cc2S)C1. The summed E-state index contributed by atoms with van der Waals surface area (Å²) in [6.45, 7) is 2.94. The van der Waals surface area contributed by atoms with E-state index < -0.39 is 5.97 Å². The molecule has 2 atom stereocenters. The molecule has 0 bridgehead atoms. The summed E-state index contributed by atoms with van der Waals surface area (Å²) in [5, 5.41) is 9.26. The Morgan fingerprint density at radius 1 is 1.06 bits per heavy atom. The molecule has 1 unspecified atom stereocenters. The Bertz CT molecular complexity index is 1070. The molecular formula is C27H34N4O3S. The summed E-state index contributed by atoms with van der Waals surface area (Å²) in [5.41, 5.74) is 2.78. The molecule has 3 aliphatic rings. The lowest BCUT2D eigenvalue weighted by Crippen LogP contribution is -2.37. The van der Waals surface area contributed by atoms with Crippen LogP contribution in [-0.2, 0) is 4.79 Å². The van der Waals surface area contributed by atoms with Gasteiger partial charge in [0.25, 0.3) is 5.91 Å². The first-order chi connectivity index (χ1) is 17.0. The normalized spacial score (nSPS) is 23.1. The van der Waals surface area contributed by atoms with Crippen LogP contribution in [0.1, 0.15) is 84.8 Å². The Balaban J connectivity index is 1.41. The van der Waals surface area contributed by atoms with Gasteiger partial charge in [0.1, 0.15) is 5.82 Å². The van der Waals surface area contributed by atoms with Crippen LogP contribution < -0.4 is 4.90 Å². The molecule has 0 aromatic carbocycles. The summed E-state index contributed by atoms with van der Waals surface area (Å²) in [6, 6.07) is 5.98. The average Bonchev–Trinajstić information content (AvgIpc) is 3.57. The molecule has 0 spiro atoms. The van der Waals surface area contributed by atoms with Crippen molar-refractivity contribution in [1.82, 2.24) is 14.9 Å². The largest absolute Gasteiger partial charge is 0.481 e. The van der Waals surface area contributed by atoms with E-state index in [4.69, 9.17) is 17.6 Å². The number of carboxylic acids is 1. The number of pyridine rings is 2. The fraction of sp³-hybridized carbons (Fsp3) is 0.556. The number of carboxylic acid groups (broad SMARTS) is 1. The van der Waals surface area contributed by atoms with Gasteiger partial charge in [-0.1, -0.05) is 18.9 Å². The highest BCUT2D eigenvalue weighted by Gasteiger charge is 2.33. The van der Waals surface area contributed by atoms with Crippen molar-refractivity contribution in [3.05, 3.63) is 47.4 Å². The number of amides is 1. The van der Waals surface area contributed by atoms with Gasteiger partial charge in [-0.2, -0.15) is 0 Å². The Labute approximate surface area is 212 Å². The quantitative estimate of drug-likeness (QED) is 0.564. The second-order valence-corrected chi connectivity index (χ2v) is 10.8. The van der Waals surface area contributed by atoms with Crippen LogP contribution in [0.3, 0.4) is 0 Å². The molecule has 2 aliphatic heterocycles. The van der Waals surface area contributed by atoms with Gasteiger partial charge in [0.2, 0.25) is 0 Å². The molecule has 186 valence electrons. The molecule has 1 saturated carbocycles. The maximum absolute atomic E-state index is 13.8. The van der Waals surface area contributed by atoms with Gasteiger partial charge in [0.15, 0.2) is 0 Å². The van der Waals surface area contributed by atoms with Crippen molar-refractivity contribution in [2.45, 2.75) is 68.1 Å². The van der Waals surface area contributed by atoms with Crippen molar-refractivity contribution >= 4 is 30.3 Å². The van der Waals surface area contributed by atoms with Crippen molar-refractivity contribution in [2.75, 3.05) is 31.1 Å². The lowest BCUT2D eigenvalue weighted by molar-refractivity contribution is -0.138. The number of anilines is 1. The van der Waals surface area contributed by atoms with Crippen molar-refractivity contribution in [1.29, 1.82) is 0 Å². The van der Waals surface area contributed by atoms with Crippen LogP contribution in [0.5, 0.6) is 0 Å². The highest BCUT2D eigenvalue weighted by Crippen LogP contribution is 2.39. The highest BCUT2D eigenvalue weighted by molar-refractivity contribution is 7.80. The summed E-state index contributed by atoms with van der Waals surface area (Å²) in [4.78, 5) is 39.2. The molecular weight excluding hydrogens is 460 g/mol. The van der Waals surface area contributed by atoms with Crippen LogP contribution >= 0.6 is 12.6 Å². The molecule has 1 aliphatic carbocycles. The molecule has 3 fully saturated rings. The van der Waals surface area contributed by atoms with Crippen LogP contribution in [0.4, 0.5) is 5.82 Å². The number of thiol groups is 1. The fourth-order valence-electron chi connectivity index (χ4n) is 6.10. The second-order valence-electron chi connectivity index (χ2n) is 10.3. The van der Waals surface area contributed by atoms with Crippen LogP contribution in [-0.4, -0.2) is 58.0 Å². The number of hydrogen-bond acceptors (Lipinski definition) is 6. The van der Waals surface area contributed by atoms with E-state index in [0.29, 0.717) is 29.5 Å². The number of rotatable bonds is 6. The molecule has 2 aromatic heterocycles. The minimum atomic E-state index is -0.751. The number of carbonyl (C=O) groups excluding carboxylic acids is 1. The van der Waals surface area contributed by atoms with Gasteiger partial charge in [0.05, 0.1) is 11.3 Å². The predicted octanol–water partition coefficient (Wildman–Crippen LogP) is 4.74. The van der Waals surface area contributed by atoms with E-state index in [0.717, 1.165) is 69.5 Å². The minimum Gasteiger partial charge on any atom is -0.481 e. The minimum absolute atomic E-state index is 0.0510. The molecule has 8 heteroatoms. The van der Waals surface area contributed by atoms with Crippen LogP contribution in [0.2, 0.25) is 0 Å². The van der Waals surface area contributed by atoms with Crippen LogP contribution in [0, 0.1) is 5.92 Å². The average molecular weight is 495 g/mol. The van der Waals surface area contributed by atoms with Crippen molar-refractivity contribution in [3.8, 4) is 0 Å². The first-order valence-corrected chi connectivity index (χ1v) is 13.3. The van der Waals surface area contributed by atoms with Gasteiger partial charge in [-0.3, -0.25) is 14.6 Å². The van der Waals surface area contributed by atoms with Gasteiger partial charge >= 0.3 is 5.97 Å². The molecule has 7 nitrogen and oxygen atoms in total. The van der Waals surface area contributed by atoms with Gasteiger partial charge in [-0.05, 0) is 55.7 Å². The molecule has 5 rings (SSSR count). The highest BCUT2D eigenvalue weighted by atomic mass is 32.1. The number of nitrogens with zero attached hydrogens (tertiary/aromatic N) is 4. The number of aromatic nitrogens is 2. The predicted molar refractivity (Wildman–Crippen MR) is 137 cm³/mol. The smallest absolute Gasteiger partial charge is 0.303 e. The van der Waals surface area contributed by atoms with Crippen molar-refractivity contribution in [3.63, 3.8) is 0 Å². The lowest BCUT2D eigenvalue weighted by atomic mass is 9.94. The zero-order valence-electron chi connectivity index (χ0n) is 20.1. The number of piperidine rings is 1. The topological polar surface area (TPSA) is 86.6 Å². The number of carbonyl (C=O) groups is 2. The first-order valence-electron chi connectivity index (χ1n) is 12.9. The van der Waals surface area contributed by atoms with Gasteiger partial charge in [-0.15, -0.1) is 12.6 Å². The maximum Gasteiger partial charge on any atom is 0.303 e. The van der Waals surface area contributed by atoms with Gasteiger partial charge in [0, 0.05) is 61.7 Å². The molecule has 2 aromatic rings. The molecule has 35 heavy (non-hydrogen) atoms. The van der Waals surface area contributed by atoms with E-state index in [1.54, 1.807) is 6.20 Å². The molecule has 0 radical (unpaired) electrons. The number of aliphatic carboxylic acids is 1. The first kappa shape index (κ1) is 24.1. The third kappa shape index (κ3) is 5.32. The Morgan fingerprint density at radius 3 is 2.63 bits per heavy atom. The fourth-order valence-corrected chi connectivity index (χ4v) is 6.42. The Kier molecular flexibility index (Phi) is 7.27. The standard InChI is InChI=1S/C27H34N4O3S/c32-24(33)13-18-5-4-11-30(16-18)26-23(35)14-22(25(29-26)19-6-1-2-7-19)27(34)31-12-9-21(17-31)20-8-3-10-28-15-20/h3,8,10,14-15,18-19,21,35H,1-2,4-7,9,11-13,16-17H2,(H,32,33)/t18-,21?/m0/s1. The monoisotopic (exact) mass is 494 g/mol. The number of likely N-dealkylation sites (tertiary alicyclic amines) is 1. The number of hydrogen-bond donors (Lipinski definition) is 2. The summed E-state index contributed by atoms with van der Waals surface area (Å²) >= 11 is 4.78. The summed E-state index contributed by atoms with van der Waals surface area (Å²) < 4.78 is 0.